The lowest BCUT2D eigenvalue weighted by Crippen LogP contribution is -1.84. The highest BCUT2D eigenvalue weighted by Gasteiger charge is 2.01. The van der Waals surface area contributed by atoms with E-state index in [-0.39, 0.29) is 0 Å². The van der Waals surface area contributed by atoms with E-state index in [1.54, 1.807) is 7.11 Å². The number of methoxy groups -OCH3 is 1. The van der Waals surface area contributed by atoms with E-state index in [2.05, 4.69) is 29.2 Å². The first-order valence-electron chi connectivity index (χ1n) is 5.85. The average molecular weight is 235 g/mol. The second-order valence-electron chi connectivity index (χ2n) is 4.17. The molecule has 0 unspecified atom stereocenters. The van der Waals surface area contributed by atoms with Gasteiger partial charge in [0, 0.05) is 17.8 Å². The minimum atomic E-state index is 0.877. The molecule has 0 spiro atoms. The van der Waals surface area contributed by atoms with Crippen LogP contribution in [0.25, 0.3) is 21.9 Å². The summed E-state index contributed by atoms with van der Waals surface area (Å²) in [7, 11) is 1.69. The number of ether oxygens (including phenoxy) is 1. The topological polar surface area (TPSA) is 22.1 Å². The molecule has 1 aromatic heterocycles. The van der Waals surface area contributed by atoms with Gasteiger partial charge < -0.3 is 4.74 Å². The molecule has 0 saturated heterocycles. The van der Waals surface area contributed by atoms with Crippen LogP contribution < -0.4 is 4.74 Å². The van der Waals surface area contributed by atoms with E-state index in [9.17, 15) is 0 Å². The predicted molar refractivity (Wildman–Crippen MR) is 73.7 cm³/mol. The molecule has 0 aliphatic rings. The average Bonchev–Trinajstić information content (AvgIpc) is 2.47. The van der Waals surface area contributed by atoms with Crippen LogP contribution in [-0.2, 0) is 0 Å². The van der Waals surface area contributed by atoms with E-state index in [4.69, 9.17) is 4.74 Å². The van der Waals surface area contributed by atoms with Crippen molar-refractivity contribution in [1.82, 2.24) is 4.98 Å². The Hall–Kier alpha value is -2.35. The molecule has 2 heteroatoms. The molecule has 0 atom stereocenters. The second kappa shape index (κ2) is 4.49. The molecule has 0 amide bonds. The molecule has 0 N–H and O–H groups in total. The SMILES string of the molecule is COc1cccc(-c2ccc3cnccc3c2)c1. The molecular formula is C16H13NO. The fourth-order valence-corrected chi connectivity index (χ4v) is 2.07. The van der Waals surface area contributed by atoms with Crippen LogP contribution >= 0.6 is 0 Å². The molecule has 2 nitrogen and oxygen atoms in total. The zero-order valence-corrected chi connectivity index (χ0v) is 10.1. The zero-order chi connectivity index (χ0) is 12.4. The van der Waals surface area contributed by atoms with Crippen LogP contribution in [0.15, 0.2) is 60.9 Å². The van der Waals surface area contributed by atoms with Crippen molar-refractivity contribution in [2.75, 3.05) is 7.11 Å². The van der Waals surface area contributed by atoms with Crippen molar-refractivity contribution in [3.05, 3.63) is 60.9 Å². The van der Waals surface area contributed by atoms with Crippen LogP contribution in [0.3, 0.4) is 0 Å². The minimum Gasteiger partial charge on any atom is -0.497 e. The number of pyridine rings is 1. The van der Waals surface area contributed by atoms with Crippen molar-refractivity contribution in [1.29, 1.82) is 0 Å². The third-order valence-electron chi connectivity index (χ3n) is 3.04. The Morgan fingerprint density at radius 3 is 2.67 bits per heavy atom. The standard InChI is InChI=1S/C16H13NO/c1-18-16-4-2-3-12(10-16)13-5-6-15-11-17-8-7-14(15)9-13/h2-11H,1H3. The van der Waals surface area contributed by atoms with Crippen molar-refractivity contribution in [2.24, 2.45) is 0 Å². The van der Waals surface area contributed by atoms with E-state index < -0.39 is 0 Å². The molecule has 0 aliphatic heterocycles. The Balaban J connectivity index is 2.13. The van der Waals surface area contributed by atoms with Gasteiger partial charge in [-0.25, -0.2) is 0 Å². The largest absolute Gasteiger partial charge is 0.497 e. The molecule has 18 heavy (non-hydrogen) atoms. The maximum absolute atomic E-state index is 5.25. The molecule has 0 saturated carbocycles. The summed E-state index contributed by atoms with van der Waals surface area (Å²) < 4.78 is 5.25. The Kier molecular flexibility index (Phi) is 2.69. The van der Waals surface area contributed by atoms with E-state index in [0.717, 1.165) is 16.7 Å². The van der Waals surface area contributed by atoms with Crippen molar-refractivity contribution >= 4 is 10.8 Å². The maximum atomic E-state index is 5.25. The Bertz CT molecular complexity index is 691. The highest BCUT2D eigenvalue weighted by atomic mass is 16.5. The lowest BCUT2D eigenvalue weighted by Gasteiger charge is -2.06. The molecule has 3 aromatic rings. The highest BCUT2D eigenvalue weighted by molar-refractivity contribution is 5.86. The number of hydrogen-bond acceptors (Lipinski definition) is 2. The fraction of sp³-hybridized carbons (Fsp3) is 0.0625. The van der Waals surface area contributed by atoms with Gasteiger partial charge in [-0.2, -0.15) is 0 Å². The quantitative estimate of drug-likeness (QED) is 0.671. The summed E-state index contributed by atoms with van der Waals surface area (Å²) in [5, 5.41) is 2.36. The zero-order valence-electron chi connectivity index (χ0n) is 10.1. The molecule has 0 radical (unpaired) electrons. The number of benzene rings is 2. The fourth-order valence-electron chi connectivity index (χ4n) is 2.07. The van der Waals surface area contributed by atoms with Gasteiger partial charge in [0.25, 0.3) is 0 Å². The van der Waals surface area contributed by atoms with E-state index in [1.807, 2.05) is 36.7 Å². The van der Waals surface area contributed by atoms with Gasteiger partial charge in [-0.1, -0.05) is 24.3 Å². The Morgan fingerprint density at radius 2 is 1.78 bits per heavy atom. The predicted octanol–water partition coefficient (Wildman–Crippen LogP) is 3.91. The molecule has 2 aromatic carbocycles. The third-order valence-corrected chi connectivity index (χ3v) is 3.04. The number of aromatic nitrogens is 1. The van der Waals surface area contributed by atoms with Crippen molar-refractivity contribution in [3.8, 4) is 16.9 Å². The first kappa shape index (κ1) is 10.8. The highest BCUT2D eigenvalue weighted by Crippen LogP contribution is 2.26. The number of nitrogens with zero attached hydrogens (tertiary/aromatic N) is 1. The summed E-state index contributed by atoms with van der Waals surface area (Å²) in [6, 6.07) is 16.5. The second-order valence-corrected chi connectivity index (χ2v) is 4.17. The van der Waals surface area contributed by atoms with Crippen LogP contribution in [0, 0.1) is 0 Å². The van der Waals surface area contributed by atoms with Crippen molar-refractivity contribution < 1.29 is 4.74 Å². The lowest BCUT2D eigenvalue weighted by molar-refractivity contribution is 0.415. The van der Waals surface area contributed by atoms with Crippen molar-refractivity contribution in [3.63, 3.8) is 0 Å². The Morgan fingerprint density at radius 1 is 0.889 bits per heavy atom. The molecule has 0 aliphatic carbocycles. The monoisotopic (exact) mass is 235 g/mol. The normalized spacial score (nSPS) is 10.5. The van der Waals surface area contributed by atoms with Crippen molar-refractivity contribution in [2.45, 2.75) is 0 Å². The molecule has 1 heterocycles. The first-order valence-corrected chi connectivity index (χ1v) is 5.85. The van der Waals surface area contributed by atoms with Gasteiger partial charge in [-0.15, -0.1) is 0 Å². The molecular weight excluding hydrogens is 222 g/mol. The molecule has 88 valence electrons. The summed E-state index contributed by atoms with van der Waals surface area (Å²) in [5.74, 6) is 0.877. The van der Waals surface area contributed by atoms with Gasteiger partial charge in [0.1, 0.15) is 5.75 Å². The van der Waals surface area contributed by atoms with Gasteiger partial charge in [-0.05, 0) is 40.8 Å². The van der Waals surface area contributed by atoms with Gasteiger partial charge in [0.15, 0.2) is 0 Å². The van der Waals surface area contributed by atoms with Gasteiger partial charge in [0.2, 0.25) is 0 Å². The molecule has 3 rings (SSSR count). The first-order chi connectivity index (χ1) is 8.86. The Labute approximate surface area is 106 Å². The number of hydrogen-bond donors (Lipinski definition) is 0. The third kappa shape index (κ3) is 1.93. The summed E-state index contributed by atoms with van der Waals surface area (Å²) in [6.07, 6.45) is 3.70. The number of rotatable bonds is 2. The van der Waals surface area contributed by atoms with Crippen LogP contribution in [-0.4, -0.2) is 12.1 Å². The van der Waals surface area contributed by atoms with Crippen LogP contribution in [0.4, 0.5) is 0 Å². The van der Waals surface area contributed by atoms with Gasteiger partial charge in [-0.3, -0.25) is 4.98 Å². The summed E-state index contributed by atoms with van der Waals surface area (Å²) in [4.78, 5) is 4.12. The van der Waals surface area contributed by atoms with Crippen LogP contribution in [0.2, 0.25) is 0 Å². The van der Waals surface area contributed by atoms with Gasteiger partial charge in [0.05, 0.1) is 7.11 Å². The van der Waals surface area contributed by atoms with Crippen LogP contribution in [0.5, 0.6) is 5.75 Å². The molecule has 0 bridgehead atoms. The summed E-state index contributed by atoms with van der Waals surface area (Å²) in [5.41, 5.74) is 2.35. The van der Waals surface area contributed by atoms with E-state index >= 15 is 0 Å². The lowest BCUT2D eigenvalue weighted by atomic mass is 10.0. The van der Waals surface area contributed by atoms with Gasteiger partial charge >= 0.3 is 0 Å². The smallest absolute Gasteiger partial charge is 0.119 e. The van der Waals surface area contributed by atoms with E-state index in [1.165, 1.54) is 10.9 Å². The minimum absolute atomic E-state index is 0.877. The van der Waals surface area contributed by atoms with E-state index in [0.29, 0.717) is 0 Å². The number of fused-ring (bicyclic) bond motifs is 1. The van der Waals surface area contributed by atoms with Crippen LogP contribution in [0.1, 0.15) is 0 Å². The summed E-state index contributed by atoms with van der Waals surface area (Å²) in [6.45, 7) is 0. The maximum Gasteiger partial charge on any atom is 0.119 e. The molecule has 0 fully saturated rings. The summed E-state index contributed by atoms with van der Waals surface area (Å²) >= 11 is 0.